The number of benzene rings is 2. The Bertz CT molecular complexity index is 1220. The molecule has 0 spiro atoms. The molecular formula is C21H22ClN3O7S. The molecule has 0 bridgehead atoms. The van der Waals surface area contributed by atoms with Crippen LogP contribution in [0.25, 0.3) is 0 Å². The van der Waals surface area contributed by atoms with E-state index in [4.69, 9.17) is 25.8 Å². The van der Waals surface area contributed by atoms with E-state index in [1.165, 1.54) is 26.4 Å². The number of carbonyl (C=O) groups excluding carboxylic acids is 2. The zero-order valence-electron chi connectivity index (χ0n) is 17.9. The summed E-state index contributed by atoms with van der Waals surface area (Å²) in [5.74, 6) is 0.251. The van der Waals surface area contributed by atoms with Gasteiger partial charge in [-0.15, -0.1) is 0 Å². The van der Waals surface area contributed by atoms with E-state index in [1.807, 2.05) is 0 Å². The quantitative estimate of drug-likeness (QED) is 0.631. The van der Waals surface area contributed by atoms with Crippen LogP contribution in [0.1, 0.15) is 12.8 Å². The lowest BCUT2D eigenvalue weighted by Crippen LogP contribution is -2.43. The van der Waals surface area contributed by atoms with E-state index < -0.39 is 22.0 Å². The summed E-state index contributed by atoms with van der Waals surface area (Å²) in [6, 6.07) is 6.57. The van der Waals surface area contributed by atoms with Crippen LogP contribution in [0, 0.1) is 0 Å². The smallest absolute Gasteiger partial charge is 0.262 e. The summed E-state index contributed by atoms with van der Waals surface area (Å²) in [5, 5.41) is 5.24. The SMILES string of the molecule is COc1ccc(OC)c(NC(=O)C2CCCN2S(=O)(=O)c2cc3c(cc2Cl)NC(=O)CO3)c1. The highest BCUT2D eigenvalue weighted by molar-refractivity contribution is 7.89. The van der Waals surface area contributed by atoms with Gasteiger partial charge in [0.15, 0.2) is 6.61 Å². The van der Waals surface area contributed by atoms with E-state index in [0.717, 1.165) is 4.31 Å². The van der Waals surface area contributed by atoms with Crippen LogP contribution < -0.4 is 24.8 Å². The van der Waals surface area contributed by atoms with Crippen LogP contribution in [-0.4, -0.2) is 58.0 Å². The third kappa shape index (κ3) is 4.43. The van der Waals surface area contributed by atoms with Crippen LogP contribution in [0.5, 0.6) is 17.2 Å². The topological polar surface area (TPSA) is 123 Å². The van der Waals surface area contributed by atoms with Gasteiger partial charge in [-0.05, 0) is 31.0 Å². The first-order valence-electron chi connectivity index (χ1n) is 10.1. The van der Waals surface area contributed by atoms with Gasteiger partial charge in [-0.1, -0.05) is 11.6 Å². The third-order valence-corrected chi connectivity index (χ3v) is 7.80. The van der Waals surface area contributed by atoms with Gasteiger partial charge in [0.2, 0.25) is 15.9 Å². The summed E-state index contributed by atoms with van der Waals surface area (Å²) in [6.45, 7) is -0.0775. The van der Waals surface area contributed by atoms with Crippen molar-refractivity contribution in [3.63, 3.8) is 0 Å². The van der Waals surface area contributed by atoms with Gasteiger partial charge in [0.05, 0.1) is 30.6 Å². The lowest BCUT2D eigenvalue weighted by atomic mass is 10.2. The second-order valence-corrected chi connectivity index (χ2v) is 9.71. The molecule has 1 fully saturated rings. The summed E-state index contributed by atoms with van der Waals surface area (Å²) >= 11 is 6.26. The largest absolute Gasteiger partial charge is 0.497 e. The van der Waals surface area contributed by atoms with E-state index in [-0.39, 0.29) is 40.4 Å². The number of hydrogen-bond donors (Lipinski definition) is 2. The second-order valence-electron chi connectivity index (χ2n) is 7.44. The molecule has 176 valence electrons. The zero-order chi connectivity index (χ0) is 23.8. The van der Waals surface area contributed by atoms with Crippen LogP contribution in [-0.2, 0) is 19.6 Å². The third-order valence-electron chi connectivity index (χ3n) is 5.42. The van der Waals surface area contributed by atoms with Crippen LogP contribution in [0.4, 0.5) is 11.4 Å². The van der Waals surface area contributed by atoms with Crippen molar-refractivity contribution in [3.8, 4) is 17.2 Å². The molecule has 0 aliphatic carbocycles. The summed E-state index contributed by atoms with van der Waals surface area (Å²) in [7, 11) is -1.18. The first kappa shape index (κ1) is 23.1. The highest BCUT2D eigenvalue weighted by atomic mass is 35.5. The lowest BCUT2D eigenvalue weighted by Gasteiger charge is -2.25. The monoisotopic (exact) mass is 495 g/mol. The molecule has 4 rings (SSSR count). The van der Waals surface area contributed by atoms with Crippen molar-refractivity contribution in [3.05, 3.63) is 35.4 Å². The fourth-order valence-electron chi connectivity index (χ4n) is 3.82. The van der Waals surface area contributed by atoms with Crippen molar-refractivity contribution in [2.45, 2.75) is 23.8 Å². The van der Waals surface area contributed by atoms with Crippen LogP contribution in [0.15, 0.2) is 35.2 Å². The van der Waals surface area contributed by atoms with Gasteiger partial charge < -0.3 is 24.8 Å². The first-order chi connectivity index (χ1) is 15.7. The van der Waals surface area contributed by atoms with Gasteiger partial charge in [-0.2, -0.15) is 4.31 Å². The minimum absolute atomic E-state index is 0.0833. The molecule has 0 aromatic heterocycles. The molecule has 10 nitrogen and oxygen atoms in total. The van der Waals surface area contributed by atoms with Gasteiger partial charge in [0.25, 0.3) is 5.91 Å². The Balaban J connectivity index is 1.62. The number of rotatable bonds is 6. The van der Waals surface area contributed by atoms with Crippen molar-refractivity contribution in [1.29, 1.82) is 0 Å². The summed E-state index contributed by atoms with van der Waals surface area (Å²) in [4.78, 5) is 24.4. The molecule has 1 unspecified atom stereocenters. The predicted octanol–water partition coefficient (Wildman–Crippen LogP) is 2.48. The molecule has 12 heteroatoms. The van der Waals surface area contributed by atoms with Crippen LogP contribution in [0.3, 0.4) is 0 Å². The number of methoxy groups -OCH3 is 2. The number of hydrogen-bond acceptors (Lipinski definition) is 7. The van der Waals surface area contributed by atoms with E-state index in [0.29, 0.717) is 30.0 Å². The standard InChI is InChI=1S/C21H22ClN3O7S/c1-30-12-5-6-17(31-2)14(8-12)24-21(27)16-4-3-7-25(16)33(28,29)19-10-18-15(9-13(19)22)23-20(26)11-32-18/h5-6,8-10,16H,3-4,7,11H2,1-2H3,(H,23,26)(H,24,27). The number of fused-ring (bicyclic) bond motifs is 1. The number of nitrogens with zero attached hydrogens (tertiary/aromatic N) is 1. The van der Waals surface area contributed by atoms with Crippen molar-refractivity contribution in [1.82, 2.24) is 4.31 Å². The van der Waals surface area contributed by atoms with Crippen molar-refractivity contribution < 1.29 is 32.2 Å². The Labute approximate surface area is 195 Å². The number of nitrogens with one attached hydrogen (secondary N) is 2. The lowest BCUT2D eigenvalue weighted by molar-refractivity contribution is -0.119. The Morgan fingerprint density at radius 1 is 1.24 bits per heavy atom. The molecule has 1 saturated heterocycles. The molecule has 33 heavy (non-hydrogen) atoms. The van der Waals surface area contributed by atoms with E-state index in [1.54, 1.807) is 18.2 Å². The number of carbonyl (C=O) groups is 2. The molecule has 1 atom stereocenters. The fraction of sp³-hybridized carbons (Fsp3) is 0.333. The Morgan fingerprint density at radius 2 is 2.03 bits per heavy atom. The molecule has 2 aromatic carbocycles. The molecule has 2 aromatic rings. The summed E-state index contributed by atoms with van der Waals surface area (Å²) < 4.78 is 43.9. The summed E-state index contributed by atoms with van der Waals surface area (Å²) in [5.41, 5.74) is 0.651. The Morgan fingerprint density at radius 3 is 2.76 bits per heavy atom. The van der Waals surface area contributed by atoms with Gasteiger partial charge in [0.1, 0.15) is 28.2 Å². The molecular weight excluding hydrogens is 474 g/mol. The van der Waals surface area contributed by atoms with Crippen LogP contribution >= 0.6 is 11.6 Å². The van der Waals surface area contributed by atoms with Crippen LogP contribution in [0.2, 0.25) is 5.02 Å². The van der Waals surface area contributed by atoms with Gasteiger partial charge >= 0.3 is 0 Å². The Hall–Kier alpha value is -3.02. The molecule has 2 aliphatic rings. The average molecular weight is 496 g/mol. The average Bonchev–Trinajstić information content (AvgIpc) is 3.29. The van der Waals surface area contributed by atoms with Gasteiger partial charge in [0, 0.05) is 18.7 Å². The maximum Gasteiger partial charge on any atom is 0.262 e. The molecule has 2 aliphatic heterocycles. The number of amides is 2. The summed E-state index contributed by atoms with van der Waals surface area (Å²) in [6.07, 6.45) is 0.841. The number of sulfonamides is 1. The number of anilines is 2. The van der Waals surface area contributed by atoms with Crippen molar-refractivity contribution in [2.75, 3.05) is 38.0 Å². The normalized spacial score (nSPS) is 18.2. The van der Waals surface area contributed by atoms with E-state index >= 15 is 0 Å². The second kappa shape index (κ2) is 9.08. The fourth-order valence-corrected chi connectivity index (χ4v) is 6.00. The molecule has 2 heterocycles. The zero-order valence-corrected chi connectivity index (χ0v) is 19.5. The molecule has 0 saturated carbocycles. The highest BCUT2D eigenvalue weighted by Gasteiger charge is 2.41. The minimum atomic E-state index is -4.14. The molecule has 0 radical (unpaired) electrons. The van der Waals surface area contributed by atoms with E-state index in [2.05, 4.69) is 10.6 Å². The van der Waals surface area contributed by atoms with Crippen molar-refractivity contribution >= 4 is 44.8 Å². The maximum absolute atomic E-state index is 13.5. The predicted molar refractivity (Wildman–Crippen MR) is 121 cm³/mol. The Kier molecular flexibility index (Phi) is 6.37. The number of ether oxygens (including phenoxy) is 3. The van der Waals surface area contributed by atoms with E-state index in [9.17, 15) is 18.0 Å². The first-order valence-corrected chi connectivity index (χ1v) is 11.9. The maximum atomic E-state index is 13.5. The van der Waals surface area contributed by atoms with Gasteiger partial charge in [-0.3, -0.25) is 9.59 Å². The molecule has 2 N–H and O–H groups in total. The number of halogens is 1. The highest BCUT2D eigenvalue weighted by Crippen LogP contribution is 2.38. The van der Waals surface area contributed by atoms with Gasteiger partial charge in [-0.25, -0.2) is 8.42 Å². The van der Waals surface area contributed by atoms with Crippen molar-refractivity contribution in [2.24, 2.45) is 0 Å². The minimum Gasteiger partial charge on any atom is -0.497 e. The molecule has 2 amide bonds.